The molecule has 0 saturated heterocycles. The molecular formula is C26H23N5O3S. The van der Waals surface area contributed by atoms with Crippen molar-refractivity contribution in [3.8, 4) is 11.3 Å². The highest BCUT2D eigenvalue weighted by atomic mass is 32.2. The van der Waals surface area contributed by atoms with Crippen LogP contribution in [0.4, 0.5) is 11.4 Å². The van der Waals surface area contributed by atoms with Crippen molar-refractivity contribution in [2.75, 3.05) is 16.4 Å². The number of amides is 2. The molecule has 3 aromatic carbocycles. The summed E-state index contributed by atoms with van der Waals surface area (Å²) in [5.41, 5.74) is 3.58. The van der Waals surface area contributed by atoms with E-state index in [9.17, 15) is 14.4 Å². The van der Waals surface area contributed by atoms with E-state index in [0.717, 1.165) is 28.6 Å². The average Bonchev–Trinajstić information content (AvgIpc) is 2.86. The van der Waals surface area contributed by atoms with Gasteiger partial charge in [-0.05, 0) is 49.7 Å². The van der Waals surface area contributed by atoms with Gasteiger partial charge in [0.05, 0.1) is 11.4 Å². The van der Waals surface area contributed by atoms with E-state index in [1.165, 1.54) is 0 Å². The van der Waals surface area contributed by atoms with Crippen LogP contribution in [0.2, 0.25) is 0 Å². The van der Waals surface area contributed by atoms with Gasteiger partial charge in [-0.2, -0.15) is 0 Å². The maximum atomic E-state index is 12.9. The molecule has 0 bridgehead atoms. The quantitative estimate of drug-likeness (QED) is 0.334. The zero-order chi connectivity index (χ0) is 24.8. The Hall–Kier alpha value is -4.24. The Kier molecular flexibility index (Phi) is 7.37. The van der Waals surface area contributed by atoms with Crippen LogP contribution >= 0.6 is 11.8 Å². The molecule has 0 fully saturated rings. The molecule has 1 aromatic heterocycles. The molecule has 3 N–H and O–H groups in total. The number of hydrogen-bond donors (Lipinski definition) is 3. The summed E-state index contributed by atoms with van der Waals surface area (Å²) in [7, 11) is 0. The van der Waals surface area contributed by atoms with Gasteiger partial charge in [0.15, 0.2) is 10.9 Å². The minimum absolute atomic E-state index is 0.0567. The van der Waals surface area contributed by atoms with Crippen LogP contribution in [0.5, 0.6) is 0 Å². The number of carbonyl (C=O) groups excluding carboxylic acids is 2. The number of H-pyrrole nitrogens is 1. The second-order valence-electron chi connectivity index (χ2n) is 7.83. The lowest BCUT2D eigenvalue weighted by Crippen LogP contribution is -2.18. The van der Waals surface area contributed by atoms with Gasteiger partial charge < -0.3 is 10.6 Å². The molecule has 1 heterocycles. The summed E-state index contributed by atoms with van der Waals surface area (Å²) >= 11 is 1.08. The minimum atomic E-state index is -0.470. The third-order valence-electron chi connectivity index (χ3n) is 5.15. The van der Waals surface area contributed by atoms with Crippen molar-refractivity contribution in [2.45, 2.75) is 19.0 Å². The van der Waals surface area contributed by atoms with Gasteiger partial charge in [-0.1, -0.05) is 59.8 Å². The molecule has 0 aliphatic heterocycles. The fourth-order valence-corrected chi connectivity index (χ4v) is 3.95. The lowest BCUT2D eigenvalue weighted by molar-refractivity contribution is -0.113. The summed E-state index contributed by atoms with van der Waals surface area (Å²) in [4.78, 5) is 40.5. The molecule has 9 heteroatoms. The molecule has 0 spiro atoms. The zero-order valence-electron chi connectivity index (χ0n) is 19.2. The summed E-state index contributed by atoms with van der Waals surface area (Å²) in [6, 6.07) is 21.6. The molecule has 0 radical (unpaired) electrons. The highest BCUT2D eigenvalue weighted by Gasteiger charge is 2.16. The average molecular weight is 486 g/mol. The predicted molar refractivity (Wildman–Crippen MR) is 138 cm³/mol. The monoisotopic (exact) mass is 485 g/mol. The molecule has 176 valence electrons. The first kappa shape index (κ1) is 23.9. The smallest absolute Gasteiger partial charge is 0.278 e. The van der Waals surface area contributed by atoms with Crippen LogP contribution in [-0.2, 0) is 4.79 Å². The van der Waals surface area contributed by atoms with Crippen molar-refractivity contribution in [3.63, 3.8) is 0 Å². The Labute approximate surface area is 206 Å². The second-order valence-corrected chi connectivity index (χ2v) is 8.79. The molecule has 4 rings (SSSR count). The molecule has 2 amide bonds. The lowest BCUT2D eigenvalue weighted by atomic mass is 10.1. The minimum Gasteiger partial charge on any atom is -0.325 e. The van der Waals surface area contributed by atoms with E-state index in [-0.39, 0.29) is 28.4 Å². The number of benzene rings is 3. The van der Waals surface area contributed by atoms with Crippen molar-refractivity contribution >= 4 is 35.0 Å². The highest BCUT2D eigenvalue weighted by Crippen LogP contribution is 2.26. The van der Waals surface area contributed by atoms with Crippen LogP contribution in [0.25, 0.3) is 11.3 Å². The summed E-state index contributed by atoms with van der Waals surface area (Å²) in [5, 5.41) is 14.1. The number of nitrogens with one attached hydrogen (secondary N) is 3. The van der Waals surface area contributed by atoms with E-state index in [1.54, 1.807) is 36.4 Å². The maximum Gasteiger partial charge on any atom is 0.278 e. The van der Waals surface area contributed by atoms with Crippen molar-refractivity contribution in [3.05, 3.63) is 99.8 Å². The Morgan fingerprint density at radius 1 is 0.886 bits per heavy atom. The highest BCUT2D eigenvalue weighted by molar-refractivity contribution is 7.99. The number of aromatic nitrogens is 3. The number of anilines is 2. The van der Waals surface area contributed by atoms with E-state index in [0.29, 0.717) is 16.8 Å². The number of aryl methyl sites for hydroxylation is 2. The SMILES string of the molecule is Cc1ccc(NC(=O)c2ccccc2)c(-c2nnc(SCC(=O)Nc3ccccc3C)[nH]c2=O)c1. The van der Waals surface area contributed by atoms with Crippen LogP contribution in [0, 0.1) is 13.8 Å². The van der Waals surface area contributed by atoms with E-state index in [1.807, 2.05) is 50.2 Å². The molecule has 0 aliphatic rings. The van der Waals surface area contributed by atoms with Crippen molar-refractivity contribution in [2.24, 2.45) is 0 Å². The van der Waals surface area contributed by atoms with Crippen molar-refractivity contribution in [1.29, 1.82) is 0 Å². The molecule has 0 atom stereocenters. The van der Waals surface area contributed by atoms with Gasteiger partial charge in [-0.25, -0.2) is 0 Å². The number of aromatic amines is 1. The molecule has 8 nitrogen and oxygen atoms in total. The molecule has 0 aliphatic carbocycles. The van der Waals surface area contributed by atoms with Crippen molar-refractivity contribution < 1.29 is 9.59 Å². The zero-order valence-corrected chi connectivity index (χ0v) is 20.0. The number of nitrogens with zero attached hydrogens (tertiary/aromatic N) is 2. The van der Waals surface area contributed by atoms with Gasteiger partial charge in [0, 0.05) is 16.8 Å². The van der Waals surface area contributed by atoms with Crippen LogP contribution in [0.3, 0.4) is 0 Å². The molecule has 0 saturated carbocycles. The number of hydrogen-bond acceptors (Lipinski definition) is 6. The molecule has 0 unspecified atom stereocenters. The van der Waals surface area contributed by atoms with Gasteiger partial charge in [0.25, 0.3) is 11.5 Å². The fourth-order valence-electron chi connectivity index (χ4n) is 3.34. The van der Waals surface area contributed by atoms with E-state index in [4.69, 9.17) is 0 Å². The van der Waals surface area contributed by atoms with Gasteiger partial charge in [0.1, 0.15) is 0 Å². The Balaban J connectivity index is 1.50. The lowest BCUT2D eigenvalue weighted by Gasteiger charge is -2.11. The van der Waals surface area contributed by atoms with Gasteiger partial charge in [-0.3, -0.25) is 19.4 Å². The molecule has 35 heavy (non-hydrogen) atoms. The number of para-hydroxylation sites is 1. The van der Waals surface area contributed by atoms with Crippen LogP contribution < -0.4 is 16.2 Å². The van der Waals surface area contributed by atoms with Gasteiger partial charge >= 0.3 is 0 Å². The van der Waals surface area contributed by atoms with Crippen LogP contribution in [-0.4, -0.2) is 32.7 Å². The summed E-state index contributed by atoms with van der Waals surface area (Å²) in [6.07, 6.45) is 0. The summed E-state index contributed by atoms with van der Waals surface area (Å²) in [6.45, 7) is 3.79. The molecular weight excluding hydrogens is 462 g/mol. The number of rotatable bonds is 7. The third kappa shape index (κ3) is 6.01. The first-order valence-corrected chi connectivity index (χ1v) is 11.8. The Bertz CT molecular complexity index is 1440. The van der Waals surface area contributed by atoms with E-state index < -0.39 is 5.56 Å². The summed E-state index contributed by atoms with van der Waals surface area (Å²) < 4.78 is 0. The van der Waals surface area contributed by atoms with Crippen molar-refractivity contribution in [1.82, 2.24) is 15.2 Å². The predicted octanol–water partition coefficient (Wildman–Crippen LogP) is 4.43. The standard InChI is InChI=1S/C26H23N5O3S/c1-16-12-13-21(28-24(33)18-9-4-3-5-10-18)19(14-16)23-25(34)29-26(31-30-23)35-15-22(32)27-20-11-7-6-8-17(20)2/h3-14H,15H2,1-2H3,(H,27,32)(H,28,33)(H,29,31,34). The summed E-state index contributed by atoms with van der Waals surface area (Å²) in [5.74, 6) is -0.464. The Morgan fingerprint density at radius 2 is 1.63 bits per heavy atom. The first-order chi connectivity index (χ1) is 16.9. The number of carbonyl (C=O) groups is 2. The Morgan fingerprint density at radius 3 is 2.37 bits per heavy atom. The third-order valence-corrected chi connectivity index (χ3v) is 6.01. The van der Waals surface area contributed by atoms with E-state index in [2.05, 4.69) is 25.8 Å². The topological polar surface area (TPSA) is 117 Å². The van der Waals surface area contributed by atoms with Gasteiger partial charge in [-0.15, -0.1) is 10.2 Å². The fraction of sp³-hybridized carbons (Fsp3) is 0.115. The normalized spacial score (nSPS) is 10.6. The maximum absolute atomic E-state index is 12.9. The van der Waals surface area contributed by atoms with Crippen LogP contribution in [0.15, 0.2) is 82.7 Å². The molecule has 4 aromatic rings. The largest absolute Gasteiger partial charge is 0.325 e. The first-order valence-electron chi connectivity index (χ1n) is 10.8. The van der Waals surface area contributed by atoms with Crippen LogP contribution in [0.1, 0.15) is 21.5 Å². The second kappa shape index (κ2) is 10.8. The number of thioether (sulfide) groups is 1. The van der Waals surface area contributed by atoms with E-state index >= 15 is 0 Å². The van der Waals surface area contributed by atoms with Gasteiger partial charge in [0.2, 0.25) is 5.91 Å².